The van der Waals surface area contributed by atoms with Gasteiger partial charge in [-0.3, -0.25) is 4.79 Å². The van der Waals surface area contributed by atoms with Gasteiger partial charge < -0.3 is 15.3 Å². The van der Waals surface area contributed by atoms with Crippen molar-refractivity contribution in [3.8, 4) is 0 Å². The van der Waals surface area contributed by atoms with Gasteiger partial charge >= 0.3 is 5.97 Å². The van der Waals surface area contributed by atoms with Crippen LogP contribution in [0.2, 0.25) is 0 Å². The first-order valence-electron chi connectivity index (χ1n) is 7.28. The van der Waals surface area contributed by atoms with Crippen LogP contribution in [0, 0.1) is 5.92 Å². The first-order valence-corrected chi connectivity index (χ1v) is 7.28. The van der Waals surface area contributed by atoms with Crippen molar-refractivity contribution in [3.05, 3.63) is 0 Å². The minimum atomic E-state index is -0.860. The molecule has 4 unspecified atom stereocenters. The second kappa shape index (κ2) is 5.90. The number of nitrogens with zero attached hydrogens (tertiary/aromatic N) is 1. The average molecular weight is 268 g/mol. The summed E-state index contributed by atoms with van der Waals surface area (Å²) in [7, 11) is 1.74. The van der Waals surface area contributed by atoms with E-state index in [1.54, 1.807) is 18.9 Å². The van der Waals surface area contributed by atoms with Gasteiger partial charge in [-0.15, -0.1) is 0 Å². The van der Waals surface area contributed by atoms with Crippen molar-refractivity contribution in [1.29, 1.82) is 0 Å². The molecule has 2 fully saturated rings. The number of hydrogen-bond acceptors (Lipinski definition) is 3. The molecule has 0 bridgehead atoms. The number of piperidine rings is 1. The fraction of sp³-hybridized carbons (Fsp3) is 0.857. The number of amides is 1. The Bertz CT molecular complexity index is 359. The van der Waals surface area contributed by atoms with Crippen molar-refractivity contribution in [2.45, 2.75) is 63.6 Å². The molecule has 0 aromatic heterocycles. The lowest BCUT2D eigenvalue weighted by Crippen LogP contribution is -2.60. The number of hydrogen-bond donors (Lipinski definition) is 2. The highest BCUT2D eigenvalue weighted by molar-refractivity contribution is 5.87. The Balaban J connectivity index is 2.23. The maximum Gasteiger partial charge on any atom is 0.326 e. The van der Waals surface area contributed by atoms with E-state index in [0.29, 0.717) is 12.3 Å². The lowest BCUT2D eigenvalue weighted by Gasteiger charge is -2.47. The van der Waals surface area contributed by atoms with Crippen LogP contribution in [0.1, 0.15) is 45.4 Å². The number of fused-ring (bicyclic) bond motifs is 1. The van der Waals surface area contributed by atoms with Crippen molar-refractivity contribution in [2.75, 3.05) is 7.05 Å². The highest BCUT2D eigenvalue weighted by Gasteiger charge is 2.44. The van der Waals surface area contributed by atoms with Gasteiger partial charge in [-0.1, -0.05) is 12.8 Å². The van der Waals surface area contributed by atoms with Crippen molar-refractivity contribution < 1.29 is 14.7 Å². The third-order valence-electron chi connectivity index (χ3n) is 4.72. The van der Waals surface area contributed by atoms with Gasteiger partial charge in [0.1, 0.15) is 6.04 Å². The van der Waals surface area contributed by atoms with Crippen molar-refractivity contribution in [1.82, 2.24) is 10.2 Å². The van der Waals surface area contributed by atoms with E-state index in [1.807, 2.05) is 0 Å². The number of aliphatic carboxylic acids is 1. The van der Waals surface area contributed by atoms with Gasteiger partial charge in [0, 0.05) is 6.04 Å². The SMILES string of the molecule is CNC(C)C(=O)N1C(C(=O)O)CCC2CCCCC21. The predicted molar refractivity (Wildman–Crippen MR) is 71.8 cm³/mol. The third-order valence-corrected chi connectivity index (χ3v) is 4.72. The van der Waals surface area contributed by atoms with Gasteiger partial charge in [-0.25, -0.2) is 4.79 Å². The lowest BCUT2D eigenvalue weighted by molar-refractivity contribution is -0.159. The minimum Gasteiger partial charge on any atom is -0.480 e. The molecule has 108 valence electrons. The Labute approximate surface area is 114 Å². The number of carboxylic acids is 1. The van der Waals surface area contributed by atoms with Crippen LogP contribution in [0.25, 0.3) is 0 Å². The van der Waals surface area contributed by atoms with E-state index in [1.165, 1.54) is 6.42 Å². The fourth-order valence-electron chi connectivity index (χ4n) is 3.54. The van der Waals surface area contributed by atoms with E-state index in [9.17, 15) is 14.7 Å². The standard InChI is InChI=1S/C14H24N2O3/c1-9(15-2)13(17)16-11-6-4-3-5-10(11)7-8-12(16)14(18)19/h9-12,15H,3-8H2,1-2H3,(H,18,19). The van der Waals surface area contributed by atoms with Crippen LogP contribution in [0.3, 0.4) is 0 Å². The fourth-order valence-corrected chi connectivity index (χ4v) is 3.54. The summed E-state index contributed by atoms with van der Waals surface area (Å²) in [6.45, 7) is 1.80. The van der Waals surface area contributed by atoms with E-state index in [4.69, 9.17) is 0 Å². The van der Waals surface area contributed by atoms with Gasteiger partial charge in [-0.2, -0.15) is 0 Å². The van der Waals surface area contributed by atoms with Crippen molar-refractivity contribution >= 4 is 11.9 Å². The van der Waals surface area contributed by atoms with E-state index in [0.717, 1.165) is 25.7 Å². The largest absolute Gasteiger partial charge is 0.480 e. The number of carbonyl (C=O) groups is 2. The van der Waals surface area contributed by atoms with Crippen LogP contribution in [0.5, 0.6) is 0 Å². The first-order chi connectivity index (χ1) is 9.06. The number of carboxylic acid groups (broad SMARTS) is 1. The predicted octanol–water partition coefficient (Wildman–Crippen LogP) is 1.23. The molecule has 1 amide bonds. The molecule has 5 nitrogen and oxygen atoms in total. The summed E-state index contributed by atoms with van der Waals surface area (Å²) in [6.07, 6.45) is 5.94. The highest BCUT2D eigenvalue weighted by Crippen LogP contribution is 2.38. The van der Waals surface area contributed by atoms with Gasteiger partial charge in [0.2, 0.25) is 5.91 Å². The average Bonchev–Trinajstić information content (AvgIpc) is 2.44. The van der Waals surface area contributed by atoms with E-state index in [2.05, 4.69) is 5.32 Å². The molecule has 2 N–H and O–H groups in total. The molecule has 2 aliphatic rings. The molecule has 1 saturated carbocycles. The number of likely N-dealkylation sites (N-methyl/N-ethyl adjacent to an activating group) is 1. The highest BCUT2D eigenvalue weighted by atomic mass is 16.4. The number of nitrogens with one attached hydrogen (secondary N) is 1. The van der Waals surface area contributed by atoms with Gasteiger partial charge in [0.15, 0.2) is 0 Å². The van der Waals surface area contributed by atoms with Crippen LogP contribution >= 0.6 is 0 Å². The molecule has 0 aromatic rings. The van der Waals surface area contributed by atoms with E-state index >= 15 is 0 Å². The van der Waals surface area contributed by atoms with Crippen molar-refractivity contribution in [2.24, 2.45) is 5.92 Å². The number of carbonyl (C=O) groups excluding carboxylic acids is 1. The van der Waals surface area contributed by atoms with E-state index < -0.39 is 12.0 Å². The molecule has 4 atom stereocenters. The summed E-state index contributed by atoms with van der Waals surface area (Å²) < 4.78 is 0. The molecule has 5 heteroatoms. The summed E-state index contributed by atoms with van der Waals surface area (Å²) in [5.41, 5.74) is 0. The molecular formula is C14H24N2O3. The molecular weight excluding hydrogens is 244 g/mol. The number of likely N-dealkylation sites (tertiary alicyclic amines) is 1. The zero-order valence-corrected chi connectivity index (χ0v) is 11.8. The minimum absolute atomic E-state index is 0.0634. The second-order valence-electron chi connectivity index (χ2n) is 5.80. The lowest BCUT2D eigenvalue weighted by atomic mass is 9.76. The van der Waals surface area contributed by atoms with Crippen molar-refractivity contribution in [3.63, 3.8) is 0 Å². The molecule has 1 aliphatic carbocycles. The Morgan fingerprint density at radius 1 is 1.21 bits per heavy atom. The zero-order valence-electron chi connectivity index (χ0n) is 11.8. The summed E-state index contributed by atoms with van der Waals surface area (Å²) in [5, 5.41) is 12.3. The smallest absolute Gasteiger partial charge is 0.326 e. The summed E-state index contributed by atoms with van der Waals surface area (Å²) >= 11 is 0. The van der Waals surface area contributed by atoms with Crippen LogP contribution in [-0.2, 0) is 9.59 Å². The number of rotatable bonds is 3. The van der Waals surface area contributed by atoms with Crippen LogP contribution in [-0.4, -0.2) is 47.1 Å². The van der Waals surface area contributed by atoms with Gasteiger partial charge in [0.05, 0.1) is 6.04 Å². The van der Waals surface area contributed by atoms with Crippen LogP contribution in [0.4, 0.5) is 0 Å². The Kier molecular flexibility index (Phi) is 4.45. The van der Waals surface area contributed by atoms with Crippen LogP contribution in [0.15, 0.2) is 0 Å². The molecule has 0 spiro atoms. The summed E-state index contributed by atoms with van der Waals surface area (Å²) in [4.78, 5) is 25.6. The maximum absolute atomic E-state index is 12.5. The maximum atomic E-state index is 12.5. The molecule has 2 rings (SSSR count). The zero-order chi connectivity index (χ0) is 14.0. The molecule has 0 radical (unpaired) electrons. The summed E-state index contributed by atoms with van der Waals surface area (Å²) in [6, 6.07) is -0.822. The topological polar surface area (TPSA) is 69.6 Å². The Hall–Kier alpha value is -1.10. The quantitative estimate of drug-likeness (QED) is 0.807. The third kappa shape index (κ3) is 2.76. The molecule has 1 saturated heterocycles. The Morgan fingerprint density at radius 2 is 1.89 bits per heavy atom. The molecule has 1 aliphatic heterocycles. The molecule has 19 heavy (non-hydrogen) atoms. The van der Waals surface area contributed by atoms with E-state index in [-0.39, 0.29) is 18.0 Å². The monoisotopic (exact) mass is 268 g/mol. The van der Waals surface area contributed by atoms with Crippen LogP contribution < -0.4 is 5.32 Å². The summed E-state index contributed by atoms with van der Waals surface area (Å²) in [5.74, 6) is -0.426. The van der Waals surface area contributed by atoms with Gasteiger partial charge in [-0.05, 0) is 45.6 Å². The Morgan fingerprint density at radius 3 is 2.53 bits per heavy atom. The molecule has 0 aromatic carbocycles. The first kappa shape index (κ1) is 14.3. The second-order valence-corrected chi connectivity index (χ2v) is 5.80. The normalized spacial score (nSPS) is 32.5. The molecule has 1 heterocycles. The van der Waals surface area contributed by atoms with Gasteiger partial charge in [0.25, 0.3) is 0 Å².